The molecule has 1 aliphatic carbocycles. The Bertz CT molecular complexity index is 783. The van der Waals surface area contributed by atoms with Crippen molar-refractivity contribution in [3.8, 4) is 0 Å². The molecule has 2 fully saturated rings. The van der Waals surface area contributed by atoms with E-state index < -0.39 is 0 Å². The summed E-state index contributed by atoms with van der Waals surface area (Å²) >= 11 is 0. The van der Waals surface area contributed by atoms with E-state index in [9.17, 15) is 9.59 Å². The van der Waals surface area contributed by atoms with Gasteiger partial charge in [-0.25, -0.2) is 5.43 Å². The van der Waals surface area contributed by atoms with Crippen LogP contribution >= 0.6 is 0 Å². The van der Waals surface area contributed by atoms with Crippen molar-refractivity contribution in [2.24, 2.45) is 5.92 Å². The summed E-state index contributed by atoms with van der Waals surface area (Å²) in [5.74, 6) is 0.820. The monoisotopic (exact) mass is 317 g/mol. The van der Waals surface area contributed by atoms with Gasteiger partial charge in [0.05, 0.1) is 6.54 Å². The Kier molecular flexibility index (Phi) is 3.58. The van der Waals surface area contributed by atoms with E-state index in [0.29, 0.717) is 17.8 Å². The number of aromatic amines is 1. The predicted molar refractivity (Wildman–Crippen MR) is 81.3 cm³/mol. The lowest BCUT2D eigenvalue weighted by atomic mass is 9.81. The summed E-state index contributed by atoms with van der Waals surface area (Å²) in [6.07, 6.45) is 7.76. The van der Waals surface area contributed by atoms with E-state index in [-0.39, 0.29) is 29.7 Å². The number of nitrogens with zero attached hydrogens (tertiary/aromatic N) is 3. The second-order valence-corrected chi connectivity index (χ2v) is 6.14. The topological polar surface area (TPSA) is 116 Å². The molecule has 0 bridgehead atoms. The molecule has 4 N–H and O–H groups in total. The fraction of sp³-hybridized carbons (Fsp3) is 0.571. The number of carbonyl (C=O) groups is 1. The van der Waals surface area contributed by atoms with Gasteiger partial charge in [-0.3, -0.25) is 19.4 Å². The van der Waals surface area contributed by atoms with Crippen molar-refractivity contribution < 1.29 is 4.79 Å². The van der Waals surface area contributed by atoms with Gasteiger partial charge in [-0.15, -0.1) is 10.2 Å². The molecule has 122 valence electrons. The van der Waals surface area contributed by atoms with Crippen molar-refractivity contribution in [2.75, 3.05) is 0 Å². The van der Waals surface area contributed by atoms with Gasteiger partial charge < -0.3 is 10.3 Å². The van der Waals surface area contributed by atoms with Gasteiger partial charge in [-0.2, -0.15) is 0 Å². The van der Waals surface area contributed by atoms with Crippen molar-refractivity contribution in [2.45, 2.75) is 44.3 Å². The second-order valence-electron chi connectivity index (χ2n) is 6.14. The van der Waals surface area contributed by atoms with Crippen LogP contribution in [0.15, 0.2) is 17.2 Å². The molecule has 3 unspecified atom stereocenters. The van der Waals surface area contributed by atoms with Crippen molar-refractivity contribution >= 4 is 11.6 Å². The van der Waals surface area contributed by atoms with E-state index >= 15 is 0 Å². The minimum absolute atomic E-state index is 0.0477. The van der Waals surface area contributed by atoms with Crippen LogP contribution in [0.4, 0.5) is 0 Å². The number of fused-ring (bicyclic) bond motifs is 2. The van der Waals surface area contributed by atoms with Crippen LogP contribution in [-0.4, -0.2) is 37.6 Å². The summed E-state index contributed by atoms with van der Waals surface area (Å²) in [6.45, 7) is 0.235. The molecule has 3 heterocycles. The lowest BCUT2D eigenvalue weighted by Gasteiger charge is -2.26. The van der Waals surface area contributed by atoms with E-state index in [4.69, 9.17) is 0 Å². The average molecular weight is 317 g/mol. The highest BCUT2D eigenvalue weighted by Gasteiger charge is 2.40. The van der Waals surface area contributed by atoms with Crippen LogP contribution in [0.25, 0.3) is 5.65 Å². The third-order valence-corrected chi connectivity index (χ3v) is 4.78. The molecular weight excluding hydrogens is 298 g/mol. The summed E-state index contributed by atoms with van der Waals surface area (Å²) in [5.41, 5.74) is 6.27. The van der Waals surface area contributed by atoms with Gasteiger partial charge in [0, 0.05) is 24.4 Å². The Morgan fingerprint density at radius 2 is 2.17 bits per heavy atom. The highest BCUT2D eigenvalue weighted by atomic mass is 16.2. The molecule has 2 aromatic rings. The Balaban J connectivity index is 1.45. The summed E-state index contributed by atoms with van der Waals surface area (Å²) in [4.78, 5) is 26.6. The van der Waals surface area contributed by atoms with Crippen molar-refractivity contribution in [3.05, 3.63) is 28.6 Å². The van der Waals surface area contributed by atoms with E-state index in [1.54, 1.807) is 10.6 Å². The third kappa shape index (κ3) is 2.51. The number of carbonyl (C=O) groups excluding carboxylic acids is 1. The first-order valence-electron chi connectivity index (χ1n) is 7.94. The lowest BCUT2D eigenvalue weighted by Crippen LogP contribution is -2.45. The minimum atomic E-state index is -0.302. The first-order valence-corrected chi connectivity index (χ1v) is 7.94. The number of hydrogen-bond acceptors (Lipinski definition) is 6. The molecular formula is C14H19N7O2. The SMILES string of the molecule is O=C(NCc1nnc2c(=O)[nH]ccn12)C1NNC2CCCCC21. The maximum Gasteiger partial charge on any atom is 0.293 e. The second kappa shape index (κ2) is 5.74. The molecule has 0 aromatic carbocycles. The summed E-state index contributed by atoms with van der Waals surface area (Å²) in [5, 5.41) is 10.7. The van der Waals surface area contributed by atoms with Gasteiger partial charge in [0.1, 0.15) is 6.04 Å². The van der Waals surface area contributed by atoms with Gasteiger partial charge in [-0.05, 0) is 12.8 Å². The van der Waals surface area contributed by atoms with Crippen LogP contribution in [0.1, 0.15) is 31.5 Å². The largest absolute Gasteiger partial charge is 0.347 e. The molecule has 1 amide bonds. The Morgan fingerprint density at radius 1 is 1.30 bits per heavy atom. The maximum atomic E-state index is 12.5. The molecule has 1 saturated heterocycles. The van der Waals surface area contributed by atoms with Crippen LogP contribution in [0.5, 0.6) is 0 Å². The number of hydrazine groups is 1. The molecule has 4 rings (SSSR count). The van der Waals surface area contributed by atoms with Gasteiger partial charge in [0.15, 0.2) is 5.82 Å². The number of rotatable bonds is 3. The van der Waals surface area contributed by atoms with E-state index in [2.05, 4.69) is 31.3 Å². The molecule has 23 heavy (non-hydrogen) atoms. The zero-order valence-electron chi connectivity index (χ0n) is 12.6. The molecule has 3 atom stereocenters. The number of H-pyrrole nitrogens is 1. The quantitative estimate of drug-likeness (QED) is 0.581. The molecule has 2 aromatic heterocycles. The van der Waals surface area contributed by atoms with Gasteiger partial charge in [0.25, 0.3) is 5.56 Å². The predicted octanol–water partition coefficient (Wildman–Crippen LogP) is -0.931. The molecule has 2 aliphatic rings. The Hall–Kier alpha value is -2.26. The molecule has 1 saturated carbocycles. The van der Waals surface area contributed by atoms with Crippen LogP contribution < -0.4 is 21.7 Å². The fourth-order valence-electron chi connectivity index (χ4n) is 3.59. The van der Waals surface area contributed by atoms with Crippen LogP contribution in [-0.2, 0) is 11.3 Å². The number of amides is 1. The van der Waals surface area contributed by atoms with Crippen LogP contribution in [0.3, 0.4) is 0 Å². The normalized spacial score (nSPS) is 27.0. The molecule has 9 nitrogen and oxygen atoms in total. The maximum absolute atomic E-state index is 12.5. The van der Waals surface area contributed by atoms with Gasteiger partial charge in [0.2, 0.25) is 11.6 Å². The highest BCUT2D eigenvalue weighted by molar-refractivity contribution is 5.82. The average Bonchev–Trinajstić information content (AvgIpc) is 3.17. The first kappa shape index (κ1) is 14.3. The van der Waals surface area contributed by atoms with Crippen molar-refractivity contribution in [1.29, 1.82) is 0 Å². The van der Waals surface area contributed by atoms with Gasteiger partial charge >= 0.3 is 0 Å². The van der Waals surface area contributed by atoms with E-state index in [1.165, 1.54) is 19.0 Å². The summed E-state index contributed by atoms with van der Waals surface area (Å²) < 4.78 is 1.59. The van der Waals surface area contributed by atoms with E-state index in [0.717, 1.165) is 12.8 Å². The first-order chi connectivity index (χ1) is 11.2. The number of hydrogen-bond donors (Lipinski definition) is 4. The molecule has 9 heteroatoms. The molecule has 1 aliphatic heterocycles. The van der Waals surface area contributed by atoms with E-state index in [1.807, 2.05) is 0 Å². The standard InChI is InChI=1S/C14H19N7O2/c22-13(11-8-3-1-2-4-9(8)17-19-11)16-7-10-18-20-12-14(23)15-5-6-21(10)12/h5-6,8-9,11,17,19H,1-4,7H2,(H,15,23)(H,16,22). The minimum Gasteiger partial charge on any atom is -0.347 e. The van der Waals surface area contributed by atoms with Gasteiger partial charge in [-0.1, -0.05) is 12.8 Å². The Morgan fingerprint density at radius 3 is 3.09 bits per heavy atom. The zero-order chi connectivity index (χ0) is 15.8. The van der Waals surface area contributed by atoms with Crippen LogP contribution in [0, 0.1) is 5.92 Å². The van der Waals surface area contributed by atoms with Crippen molar-refractivity contribution in [1.82, 2.24) is 35.8 Å². The smallest absolute Gasteiger partial charge is 0.293 e. The summed E-state index contributed by atoms with van der Waals surface area (Å²) in [6, 6.07) is 0.162. The van der Waals surface area contributed by atoms with Crippen LogP contribution in [0.2, 0.25) is 0 Å². The number of aromatic nitrogens is 4. The fourth-order valence-corrected chi connectivity index (χ4v) is 3.59. The highest BCUT2D eigenvalue weighted by Crippen LogP contribution is 2.30. The lowest BCUT2D eigenvalue weighted by molar-refractivity contribution is -0.124. The molecule has 0 radical (unpaired) electrons. The molecule has 0 spiro atoms. The third-order valence-electron chi connectivity index (χ3n) is 4.78. The Labute approximate surface area is 131 Å². The van der Waals surface area contributed by atoms with Crippen molar-refractivity contribution in [3.63, 3.8) is 0 Å². The zero-order valence-corrected chi connectivity index (χ0v) is 12.6. The number of nitrogens with one attached hydrogen (secondary N) is 4. The summed E-state index contributed by atoms with van der Waals surface area (Å²) in [7, 11) is 0.